The number of ether oxygens (including phenoxy) is 1. The van der Waals surface area contributed by atoms with E-state index in [2.05, 4.69) is 13.8 Å². The first-order valence-corrected chi connectivity index (χ1v) is 5.91. The van der Waals surface area contributed by atoms with Crippen molar-refractivity contribution in [2.75, 3.05) is 7.11 Å². The molecule has 0 radical (unpaired) electrons. The van der Waals surface area contributed by atoms with E-state index in [1.54, 1.807) is 7.11 Å². The molecule has 0 saturated heterocycles. The van der Waals surface area contributed by atoms with E-state index < -0.39 is 5.97 Å². The van der Waals surface area contributed by atoms with Gasteiger partial charge in [-0.25, -0.2) is 0 Å². The standard InChI is InChI=1S/C14H20O3/c1-5-11-6-10(8-13(15)16)7-12(9(2)3)14(11)17-4/h6-7,9H,5,8H2,1-4H3,(H,15,16). The van der Waals surface area contributed by atoms with Crippen LogP contribution in [-0.4, -0.2) is 18.2 Å². The van der Waals surface area contributed by atoms with Crippen LogP contribution < -0.4 is 4.74 Å². The Balaban J connectivity index is 3.29. The summed E-state index contributed by atoms with van der Waals surface area (Å²) < 4.78 is 5.44. The minimum atomic E-state index is -0.799. The molecular weight excluding hydrogens is 216 g/mol. The van der Waals surface area contributed by atoms with Crippen LogP contribution in [0.15, 0.2) is 12.1 Å². The van der Waals surface area contributed by atoms with Gasteiger partial charge in [0.25, 0.3) is 0 Å². The van der Waals surface area contributed by atoms with Gasteiger partial charge in [0, 0.05) is 0 Å². The van der Waals surface area contributed by atoms with E-state index in [0.29, 0.717) is 5.92 Å². The maximum Gasteiger partial charge on any atom is 0.307 e. The van der Waals surface area contributed by atoms with Crippen LogP contribution in [0.4, 0.5) is 0 Å². The second-order valence-corrected chi connectivity index (χ2v) is 4.46. The van der Waals surface area contributed by atoms with Crippen molar-refractivity contribution in [1.29, 1.82) is 0 Å². The Morgan fingerprint density at radius 1 is 1.41 bits per heavy atom. The van der Waals surface area contributed by atoms with Gasteiger partial charge in [0.05, 0.1) is 13.5 Å². The summed E-state index contributed by atoms with van der Waals surface area (Å²) in [5, 5.41) is 8.86. The van der Waals surface area contributed by atoms with Gasteiger partial charge in [0.1, 0.15) is 5.75 Å². The molecule has 94 valence electrons. The fraction of sp³-hybridized carbons (Fsp3) is 0.500. The molecule has 0 aliphatic carbocycles. The molecule has 0 bridgehead atoms. The summed E-state index contributed by atoms with van der Waals surface area (Å²) in [5.74, 6) is 0.424. The van der Waals surface area contributed by atoms with Crippen LogP contribution in [0.1, 0.15) is 43.4 Å². The molecule has 3 nitrogen and oxygen atoms in total. The van der Waals surface area contributed by atoms with E-state index in [-0.39, 0.29) is 6.42 Å². The highest BCUT2D eigenvalue weighted by Gasteiger charge is 2.14. The van der Waals surface area contributed by atoms with Crippen molar-refractivity contribution < 1.29 is 14.6 Å². The van der Waals surface area contributed by atoms with Crippen molar-refractivity contribution in [3.05, 3.63) is 28.8 Å². The van der Waals surface area contributed by atoms with E-state index >= 15 is 0 Å². The first-order chi connectivity index (χ1) is 7.99. The van der Waals surface area contributed by atoms with Gasteiger partial charge in [0.15, 0.2) is 0 Å². The number of rotatable bonds is 5. The Labute approximate surface area is 102 Å². The zero-order valence-corrected chi connectivity index (χ0v) is 10.9. The second kappa shape index (κ2) is 5.71. The third kappa shape index (κ3) is 3.22. The lowest BCUT2D eigenvalue weighted by Crippen LogP contribution is -2.05. The normalized spacial score (nSPS) is 10.6. The van der Waals surface area contributed by atoms with E-state index in [9.17, 15) is 4.79 Å². The second-order valence-electron chi connectivity index (χ2n) is 4.46. The van der Waals surface area contributed by atoms with Crippen molar-refractivity contribution >= 4 is 5.97 Å². The first kappa shape index (κ1) is 13.6. The molecule has 0 spiro atoms. The van der Waals surface area contributed by atoms with Crippen LogP contribution in [0.25, 0.3) is 0 Å². The van der Waals surface area contributed by atoms with Crippen molar-refractivity contribution in [3.8, 4) is 5.75 Å². The molecule has 0 fully saturated rings. The molecule has 1 aromatic carbocycles. The summed E-state index contributed by atoms with van der Waals surface area (Å²) in [6.45, 7) is 6.22. The zero-order valence-electron chi connectivity index (χ0n) is 10.9. The molecule has 0 atom stereocenters. The molecule has 0 saturated carbocycles. The summed E-state index contributed by atoms with van der Waals surface area (Å²) in [5.41, 5.74) is 3.01. The van der Waals surface area contributed by atoms with E-state index in [1.165, 1.54) is 0 Å². The van der Waals surface area contributed by atoms with Crippen molar-refractivity contribution in [2.24, 2.45) is 0 Å². The molecule has 1 rings (SSSR count). The summed E-state index contributed by atoms with van der Waals surface area (Å²) >= 11 is 0. The van der Waals surface area contributed by atoms with Crippen LogP contribution in [0.2, 0.25) is 0 Å². The van der Waals surface area contributed by atoms with Gasteiger partial charge in [-0.05, 0) is 29.0 Å². The fourth-order valence-electron chi connectivity index (χ4n) is 2.00. The Bertz CT molecular complexity index is 408. The molecule has 0 amide bonds. The molecule has 1 N–H and O–H groups in total. The number of carbonyl (C=O) groups is 1. The van der Waals surface area contributed by atoms with E-state index in [4.69, 9.17) is 9.84 Å². The van der Waals surface area contributed by atoms with Crippen molar-refractivity contribution in [1.82, 2.24) is 0 Å². The van der Waals surface area contributed by atoms with Crippen LogP contribution in [-0.2, 0) is 17.6 Å². The summed E-state index contributed by atoms with van der Waals surface area (Å²) in [6, 6.07) is 3.87. The number of aryl methyl sites for hydroxylation is 1. The minimum absolute atomic E-state index is 0.0662. The monoisotopic (exact) mass is 236 g/mol. The Morgan fingerprint density at radius 2 is 2.06 bits per heavy atom. The van der Waals surface area contributed by atoms with Gasteiger partial charge in [-0.3, -0.25) is 4.79 Å². The van der Waals surface area contributed by atoms with Crippen molar-refractivity contribution in [2.45, 2.75) is 39.5 Å². The van der Waals surface area contributed by atoms with Crippen LogP contribution >= 0.6 is 0 Å². The average molecular weight is 236 g/mol. The number of aliphatic carboxylic acids is 1. The highest BCUT2D eigenvalue weighted by Crippen LogP contribution is 2.32. The summed E-state index contributed by atoms with van der Waals surface area (Å²) in [6.07, 6.45) is 0.910. The number of methoxy groups -OCH3 is 1. The van der Waals surface area contributed by atoms with Gasteiger partial charge < -0.3 is 9.84 Å². The number of benzene rings is 1. The largest absolute Gasteiger partial charge is 0.496 e. The number of hydrogen-bond donors (Lipinski definition) is 1. The zero-order chi connectivity index (χ0) is 13.0. The Hall–Kier alpha value is -1.51. The third-order valence-electron chi connectivity index (χ3n) is 2.82. The average Bonchev–Trinajstić information content (AvgIpc) is 2.26. The fourth-order valence-corrected chi connectivity index (χ4v) is 2.00. The van der Waals surface area contributed by atoms with Gasteiger partial charge >= 0.3 is 5.97 Å². The maximum atomic E-state index is 10.8. The predicted molar refractivity (Wildman–Crippen MR) is 67.8 cm³/mol. The lowest BCUT2D eigenvalue weighted by Gasteiger charge is -2.17. The molecule has 0 heterocycles. The molecule has 1 aromatic rings. The molecule has 0 unspecified atom stereocenters. The Morgan fingerprint density at radius 3 is 2.47 bits per heavy atom. The SMILES string of the molecule is CCc1cc(CC(=O)O)cc(C(C)C)c1OC. The molecule has 3 heteroatoms. The Kier molecular flexibility index (Phi) is 4.55. The topological polar surface area (TPSA) is 46.5 Å². The van der Waals surface area contributed by atoms with Crippen LogP contribution in [0.3, 0.4) is 0 Å². The molecule has 0 aliphatic heterocycles. The third-order valence-corrected chi connectivity index (χ3v) is 2.82. The van der Waals surface area contributed by atoms with Gasteiger partial charge in [-0.2, -0.15) is 0 Å². The van der Waals surface area contributed by atoms with Gasteiger partial charge in [-0.1, -0.05) is 32.9 Å². The molecule has 0 aliphatic rings. The lowest BCUT2D eigenvalue weighted by molar-refractivity contribution is -0.136. The molecular formula is C14H20O3. The summed E-state index contributed by atoms with van der Waals surface area (Å²) in [4.78, 5) is 10.8. The highest BCUT2D eigenvalue weighted by atomic mass is 16.5. The minimum Gasteiger partial charge on any atom is -0.496 e. The van der Waals surface area contributed by atoms with Crippen LogP contribution in [0.5, 0.6) is 5.75 Å². The van der Waals surface area contributed by atoms with Crippen molar-refractivity contribution in [3.63, 3.8) is 0 Å². The first-order valence-electron chi connectivity index (χ1n) is 5.91. The molecule has 0 aromatic heterocycles. The molecule has 17 heavy (non-hydrogen) atoms. The highest BCUT2D eigenvalue weighted by molar-refractivity contribution is 5.70. The number of carboxylic acid groups (broad SMARTS) is 1. The van der Waals surface area contributed by atoms with Gasteiger partial charge in [-0.15, -0.1) is 0 Å². The quantitative estimate of drug-likeness (QED) is 0.854. The van der Waals surface area contributed by atoms with Crippen LogP contribution in [0, 0.1) is 0 Å². The summed E-state index contributed by atoms with van der Waals surface area (Å²) in [7, 11) is 1.66. The maximum absolute atomic E-state index is 10.8. The lowest BCUT2D eigenvalue weighted by atomic mass is 9.94. The van der Waals surface area contributed by atoms with E-state index in [0.717, 1.165) is 28.9 Å². The smallest absolute Gasteiger partial charge is 0.307 e. The number of carboxylic acids is 1. The predicted octanol–water partition coefficient (Wildman–Crippen LogP) is 3.01. The number of hydrogen-bond acceptors (Lipinski definition) is 2. The van der Waals surface area contributed by atoms with Gasteiger partial charge in [0.2, 0.25) is 0 Å². The van der Waals surface area contributed by atoms with E-state index in [1.807, 2.05) is 19.1 Å².